The van der Waals surface area contributed by atoms with Gasteiger partial charge in [-0.05, 0) is 37.8 Å². The van der Waals surface area contributed by atoms with Crippen molar-refractivity contribution in [2.75, 3.05) is 25.5 Å². The molecular weight excluding hydrogens is 326 g/mol. The second kappa shape index (κ2) is 8.46. The number of amides is 1. The van der Waals surface area contributed by atoms with Gasteiger partial charge in [-0.15, -0.1) is 0 Å². The zero-order valence-electron chi connectivity index (χ0n) is 14.5. The first-order valence-corrected chi connectivity index (χ1v) is 8.40. The largest absolute Gasteiger partial charge is 0.452 e. The molecule has 1 aliphatic rings. The lowest BCUT2D eigenvalue weighted by atomic mass is 10.00. The highest BCUT2D eigenvalue weighted by Crippen LogP contribution is 2.25. The quantitative estimate of drug-likeness (QED) is 0.481. The van der Waals surface area contributed by atoms with Crippen molar-refractivity contribution >= 4 is 23.3 Å². The number of benzene rings is 1. The first-order valence-electron chi connectivity index (χ1n) is 8.40. The smallest absolute Gasteiger partial charge is 0.338 e. The van der Waals surface area contributed by atoms with Crippen molar-refractivity contribution in [2.24, 2.45) is 0 Å². The molecule has 0 spiro atoms. The highest BCUT2D eigenvalue weighted by atomic mass is 16.6. The van der Waals surface area contributed by atoms with Gasteiger partial charge in [-0.3, -0.25) is 14.9 Å². The van der Waals surface area contributed by atoms with Crippen molar-refractivity contribution in [2.45, 2.75) is 38.6 Å². The van der Waals surface area contributed by atoms with E-state index >= 15 is 0 Å². The van der Waals surface area contributed by atoms with Gasteiger partial charge in [0.25, 0.3) is 11.6 Å². The Kier molecular flexibility index (Phi) is 6.32. The summed E-state index contributed by atoms with van der Waals surface area (Å²) >= 11 is 0. The van der Waals surface area contributed by atoms with E-state index in [0.717, 1.165) is 31.7 Å². The lowest BCUT2D eigenvalue weighted by molar-refractivity contribution is -0.384. The van der Waals surface area contributed by atoms with Crippen LogP contribution in [-0.4, -0.2) is 47.9 Å². The second-order valence-electron chi connectivity index (χ2n) is 5.96. The molecule has 0 aromatic heterocycles. The number of nitrogens with zero attached hydrogens (tertiary/aromatic N) is 2. The molecule has 136 valence electrons. The van der Waals surface area contributed by atoms with Crippen LogP contribution in [0.5, 0.6) is 0 Å². The fourth-order valence-electron chi connectivity index (χ4n) is 3.07. The van der Waals surface area contributed by atoms with E-state index in [-0.39, 0.29) is 29.8 Å². The Morgan fingerprint density at radius 2 is 2.16 bits per heavy atom. The number of hydrogen-bond acceptors (Lipinski definition) is 6. The van der Waals surface area contributed by atoms with Crippen molar-refractivity contribution in [3.05, 3.63) is 33.9 Å². The number of nitrogens with one attached hydrogen (secondary N) is 1. The maximum absolute atomic E-state index is 12.3. The van der Waals surface area contributed by atoms with Crippen LogP contribution < -0.4 is 5.32 Å². The van der Waals surface area contributed by atoms with Gasteiger partial charge in [0.1, 0.15) is 5.69 Å². The normalized spacial score (nSPS) is 17.0. The average Bonchev–Trinajstić information content (AvgIpc) is 2.65. The summed E-state index contributed by atoms with van der Waals surface area (Å²) < 4.78 is 5.07. The summed E-state index contributed by atoms with van der Waals surface area (Å²) in [6, 6.07) is 4.21. The summed E-state index contributed by atoms with van der Waals surface area (Å²) in [6.07, 6.45) is 3.89. The Bertz CT molecular complexity index is 662. The predicted molar refractivity (Wildman–Crippen MR) is 92.6 cm³/mol. The fraction of sp³-hybridized carbons (Fsp3) is 0.529. The molecule has 0 saturated carbocycles. The third-order valence-corrected chi connectivity index (χ3v) is 4.44. The third kappa shape index (κ3) is 4.46. The van der Waals surface area contributed by atoms with Gasteiger partial charge in [-0.2, -0.15) is 0 Å². The number of carbonyl (C=O) groups is 2. The van der Waals surface area contributed by atoms with Gasteiger partial charge in [0.2, 0.25) is 0 Å². The lowest BCUT2D eigenvalue weighted by Crippen LogP contribution is -2.45. The van der Waals surface area contributed by atoms with Gasteiger partial charge in [0.05, 0.1) is 10.5 Å². The van der Waals surface area contributed by atoms with E-state index < -0.39 is 10.9 Å². The average molecular weight is 349 g/mol. The van der Waals surface area contributed by atoms with Crippen LogP contribution in [0, 0.1) is 10.1 Å². The molecule has 8 nitrogen and oxygen atoms in total. The SMILES string of the molecule is CC[C@H]1CCCCN1C(=O)COC(=O)c1ccc(NC)c([N+](=O)[O-])c1. The third-order valence-electron chi connectivity index (χ3n) is 4.44. The highest BCUT2D eigenvalue weighted by molar-refractivity contribution is 5.93. The van der Waals surface area contributed by atoms with Crippen LogP contribution >= 0.6 is 0 Å². The zero-order valence-corrected chi connectivity index (χ0v) is 14.5. The molecule has 1 aromatic carbocycles. The van der Waals surface area contributed by atoms with E-state index in [9.17, 15) is 19.7 Å². The van der Waals surface area contributed by atoms with Crippen molar-refractivity contribution in [1.29, 1.82) is 0 Å². The number of carbonyl (C=O) groups excluding carboxylic acids is 2. The maximum atomic E-state index is 12.3. The van der Waals surface area contributed by atoms with E-state index in [1.165, 1.54) is 12.1 Å². The molecule has 2 rings (SSSR count). The summed E-state index contributed by atoms with van der Waals surface area (Å²) in [6.45, 7) is 2.36. The van der Waals surface area contributed by atoms with Crippen LogP contribution in [-0.2, 0) is 9.53 Å². The molecular formula is C17H23N3O5. The number of esters is 1. The summed E-state index contributed by atoms with van der Waals surface area (Å²) in [7, 11) is 1.56. The standard InChI is InChI=1S/C17H23N3O5/c1-3-13-6-4-5-9-19(13)16(21)11-25-17(22)12-7-8-14(18-2)15(10-12)20(23)24/h7-8,10,13,18H,3-6,9,11H2,1-2H3/t13-/m0/s1. The monoisotopic (exact) mass is 349 g/mol. The first-order chi connectivity index (χ1) is 12.0. The molecule has 0 unspecified atom stereocenters. The molecule has 8 heteroatoms. The van der Waals surface area contributed by atoms with E-state index in [1.54, 1.807) is 11.9 Å². The fourth-order valence-corrected chi connectivity index (χ4v) is 3.07. The summed E-state index contributed by atoms with van der Waals surface area (Å²) in [4.78, 5) is 36.7. The molecule has 1 aliphatic heterocycles. The summed E-state index contributed by atoms with van der Waals surface area (Å²) in [5.74, 6) is -0.967. The second-order valence-corrected chi connectivity index (χ2v) is 5.96. The van der Waals surface area contributed by atoms with Crippen molar-refractivity contribution in [3.8, 4) is 0 Å². The minimum Gasteiger partial charge on any atom is -0.452 e. The molecule has 25 heavy (non-hydrogen) atoms. The van der Waals surface area contributed by atoms with Gasteiger partial charge in [-0.25, -0.2) is 4.79 Å². The number of piperidine rings is 1. The number of hydrogen-bond donors (Lipinski definition) is 1. The number of nitro benzene ring substituents is 1. The van der Waals surface area contributed by atoms with Crippen LogP contribution in [0.25, 0.3) is 0 Å². The molecule has 1 heterocycles. The van der Waals surface area contributed by atoms with Crippen LogP contribution in [0.1, 0.15) is 43.0 Å². The molecule has 1 aromatic rings. The minimum absolute atomic E-state index is 0.0455. The number of ether oxygens (including phenoxy) is 1. The van der Waals surface area contributed by atoms with E-state index in [0.29, 0.717) is 12.2 Å². The van der Waals surface area contributed by atoms with E-state index in [4.69, 9.17) is 4.74 Å². The predicted octanol–water partition coefficient (Wildman–Crippen LogP) is 2.58. The number of likely N-dealkylation sites (tertiary alicyclic amines) is 1. The van der Waals surface area contributed by atoms with Gasteiger partial charge < -0.3 is 15.0 Å². The number of nitro groups is 1. The minimum atomic E-state index is -0.746. The molecule has 0 aliphatic carbocycles. The van der Waals surface area contributed by atoms with Gasteiger partial charge in [0.15, 0.2) is 6.61 Å². The van der Waals surface area contributed by atoms with Crippen molar-refractivity contribution < 1.29 is 19.2 Å². The number of rotatable bonds is 6. The Morgan fingerprint density at radius 3 is 2.80 bits per heavy atom. The molecule has 1 saturated heterocycles. The zero-order chi connectivity index (χ0) is 18.4. The Labute approximate surface area is 146 Å². The molecule has 1 N–H and O–H groups in total. The Balaban J connectivity index is 2.01. The van der Waals surface area contributed by atoms with Crippen LogP contribution in [0.4, 0.5) is 11.4 Å². The Morgan fingerprint density at radius 1 is 1.40 bits per heavy atom. The van der Waals surface area contributed by atoms with Crippen molar-refractivity contribution in [1.82, 2.24) is 4.90 Å². The Hall–Kier alpha value is -2.64. The first kappa shape index (κ1) is 18.7. The van der Waals surface area contributed by atoms with Gasteiger partial charge in [0, 0.05) is 25.7 Å². The van der Waals surface area contributed by atoms with Crippen LogP contribution in [0.3, 0.4) is 0 Å². The molecule has 1 atom stereocenters. The van der Waals surface area contributed by atoms with Crippen LogP contribution in [0.2, 0.25) is 0 Å². The molecule has 1 amide bonds. The molecule has 0 bridgehead atoms. The lowest BCUT2D eigenvalue weighted by Gasteiger charge is -2.35. The van der Waals surface area contributed by atoms with Gasteiger partial charge in [-0.1, -0.05) is 6.92 Å². The van der Waals surface area contributed by atoms with Crippen LogP contribution in [0.15, 0.2) is 18.2 Å². The summed E-state index contributed by atoms with van der Waals surface area (Å²) in [5.41, 5.74) is 0.131. The highest BCUT2D eigenvalue weighted by Gasteiger charge is 2.26. The topological polar surface area (TPSA) is 102 Å². The maximum Gasteiger partial charge on any atom is 0.338 e. The van der Waals surface area contributed by atoms with E-state index in [1.807, 2.05) is 6.92 Å². The molecule has 1 fully saturated rings. The number of anilines is 1. The summed E-state index contributed by atoms with van der Waals surface area (Å²) in [5, 5.41) is 13.7. The van der Waals surface area contributed by atoms with Crippen molar-refractivity contribution in [3.63, 3.8) is 0 Å². The van der Waals surface area contributed by atoms with Gasteiger partial charge >= 0.3 is 5.97 Å². The van der Waals surface area contributed by atoms with E-state index in [2.05, 4.69) is 5.32 Å². The molecule has 0 radical (unpaired) electrons.